The molecule has 0 aliphatic heterocycles. The summed E-state index contributed by atoms with van der Waals surface area (Å²) in [6, 6.07) is 0. The molecule has 0 heterocycles. The van der Waals surface area contributed by atoms with Crippen molar-refractivity contribution in [2.24, 2.45) is 11.3 Å². The Morgan fingerprint density at radius 3 is 2.92 bits per heavy atom. The second-order valence-electron chi connectivity index (χ2n) is 4.26. The maximum atomic E-state index is 10.4. The van der Waals surface area contributed by atoms with Crippen LogP contribution in [0.5, 0.6) is 0 Å². The Balaban J connectivity index is 2.66. The molecule has 0 fully saturated rings. The quantitative estimate of drug-likeness (QED) is 0.533. The number of hydrogen-bond acceptors (Lipinski definition) is 2. The summed E-state index contributed by atoms with van der Waals surface area (Å²) in [5, 5.41) is 8.86. The molecule has 2 nitrogen and oxygen atoms in total. The fraction of sp³-hybridized carbons (Fsp3) is 0.727. The molecule has 0 saturated carbocycles. The van der Waals surface area contributed by atoms with Gasteiger partial charge in [0.2, 0.25) is 0 Å². The summed E-state index contributed by atoms with van der Waals surface area (Å²) in [5.74, 6) is 0.437. The minimum absolute atomic E-state index is 0.101. The van der Waals surface area contributed by atoms with E-state index < -0.39 is 0 Å². The number of hydrogen-bond donors (Lipinski definition) is 1. The van der Waals surface area contributed by atoms with Gasteiger partial charge in [-0.1, -0.05) is 25.5 Å². The molecule has 0 aromatic rings. The summed E-state index contributed by atoms with van der Waals surface area (Å²) < 4.78 is 0. The largest absolute Gasteiger partial charge is 0.396 e. The molecule has 1 N–H and O–H groups in total. The maximum Gasteiger partial charge on any atom is 0.120 e. The fourth-order valence-corrected chi connectivity index (χ4v) is 2.16. The molecule has 2 heteroatoms. The predicted octanol–water partition coefficient (Wildman–Crippen LogP) is 1.93. The van der Waals surface area contributed by atoms with E-state index in [0.717, 1.165) is 19.1 Å². The molecule has 0 saturated heterocycles. The van der Waals surface area contributed by atoms with Crippen molar-refractivity contribution in [1.82, 2.24) is 0 Å². The zero-order valence-corrected chi connectivity index (χ0v) is 8.42. The maximum absolute atomic E-state index is 10.4. The van der Waals surface area contributed by atoms with Crippen molar-refractivity contribution < 1.29 is 9.90 Å². The number of allylic oxidation sites excluding steroid dienone is 1. The van der Waals surface area contributed by atoms with Crippen LogP contribution in [0.2, 0.25) is 0 Å². The Bertz CT molecular complexity index is 216. The highest BCUT2D eigenvalue weighted by atomic mass is 16.3. The molecule has 1 aliphatic rings. The molecule has 0 spiro atoms. The summed E-state index contributed by atoms with van der Waals surface area (Å²) in [6.45, 7) is 4.54. The molecule has 0 amide bonds. The van der Waals surface area contributed by atoms with Crippen LogP contribution in [0.25, 0.3) is 0 Å². The van der Waals surface area contributed by atoms with Crippen LogP contribution in [0.15, 0.2) is 11.6 Å². The molecule has 0 aromatic carbocycles. The van der Waals surface area contributed by atoms with E-state index in [4.69, 9.17) is 5.11 Å². The van der Waals surface area contributed by atoms with Crippen molar-refractivity contribution in [3.8, 4) is 0 Å². The highest BCUT2D eigenvalue weighted by molar-refractivity contribution is 5.50. The van der Waals surface area contributed by atoms with E-state index in [1.165, 1.54) is 5.57 Å². The normalized spacial score (nSPS) is 25.8. The lowest BCUT2D eigenvalue weighted by molar-refractivity contribution is -0.109. The second kappa shape index (κ2) is 4.05. The minimum atomic E-state index is 0.101. The summed E-state index contributed by atoms with van der Waals surface area (Å²) in [6.07, 6.45) is 5.56. The topological polar surface area (TPSA) is 37.3 Å². The SMILES string of the molecule is CC1(C)C(CCO)=CCC1CC=O. The number of aliphatic hydroxyl groups is 1. The number of aldehydes is 1. The average molecular weight is 182 g/mol. The van der Waals surface area contributed by atoms with E-state index in [2.05, 4.69) is 19.9 Å². The van der Waals surface area contributed by atoms with Crippen molar-refractivity contribution in [3.63, 3.8) is 0 Å². The van der Waals surface area contributed by atoms with Gasteiger partial charge in [0.25, 0.3) is 0 Å². The van der Waals surface area contributed by atoms with Gasteiger partial charge in [-0.2, -0.15) is 0 Å². The van der Waals surface area contributed by atoms with Crippen LogP contribution in [-0.2, 0) is 4.79 Å². The van der Waals surface area contributed by atoms with Crippen molar-refractivity contribution >= 4 is 6.29 Å². The first-order chi connectivity index (χ1) is 6.12. The first-order valence-corrected chi connectivity index (χ1v) is 4.87. The van der Waals surface area contributed by atoms with Crippen LogP contribution in [-0.4, -0.2) is 18.0 Å². The highest BCUT2D eigenvalue weighted by Gasteiger charge is 2.35. The number of carbonyl (C=O) groups excluding carboxylic acids is 1. The Morgan fingerprint density at radius 1 is 1.69 bits per heavy atom. The van der Waals surface area contributed by atoms with E-state index >= 15 is 0 Å². The van der Waals surface area contributed by atoms with E-state index in [-0.39, 0.29) is 12.0 Å². The first kappa shape index (κ1) is 10.5. The molecule has 1 unspecified atom stereocenters. The molecule has 1 atom stereocenters. The predicted molar refractivity (Wildman–Crippen MR) is 52.4 cm³/mol. The van der Waals surface area contributed by atoms with Crippen LogP contribution < -0.4 is 0 Å². The number of rotatable bonds is 4. The van der Waals surface area contributed by atoms with Crippen LogP contribution in [0.3, 0.4) is 0 Å². The molecule has 0 radical (unpaired) electrons. The molecule has 0 bridgehead atoms. The van der Waals surface area contributed by atoms with Crippen molar-refractivity contribution in [2.45, 2.75) is 33.1 Å². The van der Waals surface area contributed by atoms with Crippen LogP contribution in [0, 0.1) is 11.3 Å². The molecule has 74 valence electrons. The zero-order valence-electron chi connectivity index (χ0n) is 8.42. The Labute approximate surface area is 79.6 Å². The summed E-state index contributed by atoms with van der Waals surface area (Å²) in [4.78, 5) is 10.4. The van der Waals surface area contributed by atoms with Gasteiger partial charge in [-0.05, 0) is 24.2 Å². The fourth-order valence-electron chi connectivity index (χ4n) is 2.16. The lowest BCUT2D eigenvalue weighted by Gasteiger charge is -2.29. The first-order valence-electron chi connectivity index (χ1n) is 4.87. The third-order valence-electron chi connectivity index (χ3n) is 3.26. The van der Waals surface area contributed by atoms with Crippen LogP contribution in [0.4, 0.5) is 0 Å². The molecule has 1 aliphatic carbocycles. The summed E-state index contributed by atoms with van der Waals surface area (Å²) >= 11 is 0. The molecular formula is C11H18O2. The van der Waals surface area contributed by atoms with Gasteiger partial charge in [0.1, 0.15) is 6.29 Å². The van der Waals surface area contributed by atoms with Gasteiger partial charge in [0.05, 0.1) is 0 Å². The lowest BCUT2D eigenvalue weighted by atomic mass is 9.75. The third-order valence-corrected chi connectivity index (χ3v) is 3.26. The van der Waals surface area contributed by atoms with Gasteiger partial charge in [-0.3, -0.25) is 0 Å². The highest BCUT2D eigenvalue weighted by Crippen LogP contribution is 2.45. The van der Waals surface area contributed by atoms with E-state index in [1.54, 1.807) is 0 Å². The van der Waals surface area contributed by atoms with Crippen molar-refractivity contribution in [3.05, 3.63) is 11.6 Å². The monoisotopic (exact) mass is 182 g/mol. The van der Waals surface area contributed by atoms with E-state index in [1.807, 2.05) is 0 Å². The van der Waals surface area contributed by atoms with Gasteiger partial charge in [-0.15, -0.1) is 0 Å². The van der Waals surface area contributed by atoms with Crippen molar-refractivity contribution in [1.29, 1.82) is 0 Å². The molecule has 1 rings (SSSR count). The van der Waals surface area contributed by atoms with E-state index in [9.17, 15) is 4.79 Å². The number of aliphatic hydroxyl groups excluding tert-OH is 1. The summed E-state index contributed by atoms with van der Waals surface area (Å²) in [5.41, 5.74) is 1.41. The molecule has 0 aromatic heterocycles. The summed E-state index contributed by atoms with van der Waals surface area (Å²) in [7, 11) is 0. The Hall–Kier alpha value is -0.630. The Morgan fingerprint density at radius 2 is 2.38 bits per heavy atom. The zero-order chi connectivity index (χ0) is 9.90. The van der Waals surface area contributed by atoms with E-state index in [0.29, 0.717) is 12.3 Å². The van der Waals surface area contributed by atoms with Gasteiger partial charge in [0, 0.05) is 13.0 Å². The van der Waals surface area contributed by atoms with Gasteiger partial charge in [0.15, 0.2) is 0 Å². The number of carbonyl (C=O) groups is 1. The van der Waals surface area contributed by atoms with Gasteiger partial charge >= 0.3 is 0 Å². The van der Waals surface area contributed by atoms with Gasteiger partial charge in [-0.25, -0.2) is 0 Å². The lowest BCUT2D eigenvalue weighted by Crippen LogP contribution is -2.22. The Kier molecular flexibility index (Phi) is 3.26. The standard InChI is InChI=1S/C11H18O2/c1-11(2)9(5-7-12)3-4-10(11)6-8-13/h3,8,10,12H,4-7H2,1-2H3. The van der Waals surface area contributed by atoms with Crippen molar-refractivity contribution in [2.75, 3.05) is 6.61 Å². The third kappa shape index (κ3) is 1.99. The minimum Gasteiger partial charge on any atom is -0.396 e. The van der Waals surface area contributed by atoms with Gasteiger partial charge < -0.3 is 9.90 Å². The second-order valence-corrected chi connectivity index (χ2v) is 4.26. The average Bonchev–Trinajstić information content (AvgIpc) is 2.33. The molecule has 13 heavy (non-hydrogen) atoms. The van der Waals surface area contributed by atoms with Crippen LogP contribution in [0.1, 0.15) is 33.1 Å². The molecular weight excluding hydrogens is 164 g/mol. The van der Waals surface area contributed by atoms with Crippen LogP contribution >= 0.6 is 0 Å². The smallest absolute Gasteiger partial charge is 0.120 e.